The molecular formula is C21H32N2O4S. The molecule has 2 fully saturated rings. The van der Waals surface area contributed by atoms with E-state index in [9.17, 15) is 18.3 Å². The highest BCUT2D eigenvalue weighted by Crippen LogP contribution is 2.21. The fourth-order valence-electron chi connectivity index (χ4n) is 4.11. The van der Waals surface area contributed by atoms with Gasteiger partial charge in [-0.2, -0.15) is 4.31 Å². The molecule has 0 radical (unpaired) electrons. The molecule has 2 heterocycles. The Kier molecular flexibility index (Phi) is 7.48. The van der Waals surface area contributed by atoms with E-state index in [1.54, 1.807) is 16.4 Å². The van der Waals surface area contributed by atoms with E-state index in [1.165, 1.54) is 0 Å². The van der Waals surface area contributed by atoms with Gasteiger partial charge in [-0.3, -0.25) is 4.79 Å². The smallest absolute Gasteiger partial charge is 0.243 e. The van der Waals surface area contributed by atoms with Crippen LogP contribution in [-0.4, -0.2) is 61.4 Å². The molecule has 28 heavy (non-hydrogen) atoms. The number of aliphatic hydroxyl groups excluding tert-OH is 1. The molecule has 0 bridgehead atoms. The van der Waals surface area contributed by atoms with Crippen molar-refractivity contribution < 1.29 is 18.3 Å². The van der Waals surface area contributed by atoms with E-state index in [-0.39, 0.29) is 18.4 Å². The summed E-state index contributed by atoms with van der Waals surface area (Å²) in [5.74, 6) is 0.306. The third-order valence-corrected chi connectivity index (χ3v) is 7.80. The fourth-order valence-corrected chi connectivity index (χ4v) is 5.63. The minimum atomic E-state index is -3.43. The van der Waals surface area contributed by atoms with Crippen LogP contribution in [0, 0.1) is 5.92 Å². The van der Waals surface area contributed by atoms with Gasteiger partial charge in [0.1, 0.15) is 0 Å². The van der Waals surface area contributed by atoms with Gasteiger partial charge in [0.2, 0.25) is 15.9 Å². The molecule has 1 atom stereocenters. The summed E-state index contributed by atoms with van der Waals surface area (Å²) in [5, 5.41) is 9.31. The number of aliphatic hydroxyl groups is 1. The van der Waals surface area contributed by atoms with Crippen LogP contribution < -0.4 is 0 Å². The molecule has 6 nitrogen and oxygen atoms in total. The number of piperidine rings is 1. The molecule has 156 valence electrons. The summed E-state index contributed by atoms with van der Waals surface area (Å²) in [6.07, 6.45) is 6.97. The van der Waals surface area contributed by atoms with E-state index in [0.717, 1.165) is 50.6 Å². The average molecular weight is 409 g/mol. The van der Waals surface area contributed by atoms with Crippen molar-refractivity contribution in [2.24, 2.45) is 5.92 Å². The van der Waals surface area contributed by atoms with E-state index in [4.69, 9.17) is 0 Å². The van der Waals surface area contributed by atoms with E-state index in [0.29, 0.717) is 37.4 Å². The quantitative estimate of drug-likeness (QED) is 0.784. The number of rotatable bonds is 6. The largest absolute Gasteiger partial charge is 0.396 e. The summed E-state index contributed by atoms with van der Waals surface area (Å²) in [5.41, 5.74) is 0.971. The van der Waals surface area contributed by atoms with Crippen molar-refractivity contribution in [1.82, 2.24) is 9.21 Å². The molecule has 7 heteroatoms. The molecule has 1 unspecified atom stereocenters. The molecule has 1 N–H and O–H groups in total. The molecule has 0 aliphatic carbocycles. The normalized spacial score (nSPS) is 22.0. The molecule has 2 aliphatic heterocycles. The summed E-state index contributed by atoms with van der Waals surface area (Å²) in [7, 11) is -3.43. The van der Waals surface area contributed by atoms with Gasteiger partial charge in [0.05, 0.1) is 4.90 Å². The number of carbonyl (C=O) groups is 1. The maximum Gasteiger partial charge on any atom is 0.243 e. The molecular weight excluding hydrogens is 376 g/mol. The summed E-state index contributed by atoms with van der Waals surface area (Å²) in [6.45, 7) is 2.74. The van der Waals surface area contributed by atoms with Crippen molar-refractivity contribution in [2.75, 3.05) is 32.8 Å². The van der Waals surface area contributed by atoms with Crippen LogP contribution in [0.1, 0.15) is 50.5 Å². The third kappa shape index (κ3) is 5.33. The first-order chi connectivity index (χ1) is 13.5. The van der Waals surface area contributed by atoms with Crippen LogP contribution in [0.5, 0.6) is 0 Å². The standard InChI is InChI=1S/C21H32N2O4S/c24-17-19-6-5-13-22(16-19)21(25)12-9-18-7-10-20(11-8-18)28(26,27)23-14-3-1-2-4-15-23/h7-8,10-11,19,24H,1-6,9,12-17H2. The second kappa shape index (κ2) is 9.85. The van der Waals surface area contributed by atoms with Crippen molar-refractivity contribution in [3.05, 3.63) is 29.8 Å². The van der Waals surface area contributed by atoms with Crippen LogP contribution in [0.2, 0.25) is 0 Å². The fraction of sp³-hybridized carbons (Fsp3) is 0.667. The monoisotopic (exact) mass is 408 g/mol. The first-order valence-electron chi connectivity index (χ1n) is 10.5. The number of carbonyl (C=O) groups excluding carboxylic acids is 1. The number of likely N-dealkylation sites (tertiary alicyclic amines) is 1. The van der Waals surface area contributed by atoms with Crippen LogP contribution in [0.4, 0.5) is 0 Å². The van der Waals surface area contributed by atoms with E-state index in [2.05, 4.69) is 0 Å². The highest BCUT2D eigenvalue weighted by molar-refractivity contribution is 7.89. The maximum atomic E-state index is 12.8. The van der Waals surface area contributed by atoms with Gasteiger partial charge >= 0.3 is 0 Å². The van der Waals surface area contributed by atoms with Crippen LogP contribution in [-0.2, 0) is 21.2 Å². The van der Waals surface area contributed by atoms with Gasteiger partial charge in [0, 0.05) is 39.2 Å². The van der Waals surface area contributed by atoms with Crippen molar-refractivity contribution in [3.8, 4) is 0 Å². The number of benzene rings is 1. The molecule has 1 aromatic rings. The molecule has 2 aliphatic rings. The zero-order valence-corrected chi connectivity index (χ0v) is 17.4. The Bertz CT molecular complexity index is 740. The number of sulfonamides is 1. The van der Waals surface area contributed by atoms with Crippen LogP contribution in [0.15, 0.2) is 29.2 Å². The van der Waals surface area contributed by atoms with Crippen LogP contribution in [0.25, 0.3) is 0 Å². The number of nitrogens with zero attached hydrogens (tertiary/aromatic N) is 2. The third-order valence-electron chi connectivity index (χ3n) is 5.88. The highest BCUT2D eigenvalue weighted by atomic mass is 32.2. The van der Waals surface area contributed by atoms with Gasteiger partial charge in [-0.1, -0.05) is 25.0 Å². The van der Waals surface area contributed by atoms with Crippen molar-refractivity contribution in [2.45, 2.75) is 56.3 Å². The van der Waals surface area contributed by atoms with Crippen LogP contribution >= 0.6 is 0 Å². The van der Waals surface area contributed by atoms with Gasteiger partial charge in [-0.15, -0.1) is 0 Å². The Balaban J connectivity index is 1.56. The van der Waals surface area contributed by atoms with Gasteiger partial charge in [-0.25, -0.2) is 8.42 Å². The Morgan fingerprint density at radius 1 is 1.00 bits per heavy atom. The minimum Gasteiger partial charge on any atom is -0.396 e. The van der Waals surface area contributed by atoms with Gasteiger partial charge < -0.3 is 10.0 Å². The van der Waals surface area contributed by atoms with Crippen molar-refractivity contribution in [1.29, 1.82) is 0 Å². The van der Waals surface area contributed by atoms with E-state index < -0.39 is 10.0 Å². The topological polar surface area (TPSA) is 77.9 Å². The maximum absolute atomic E-state index is 12.8. The van der Waals surface area contributed by atoms with E-state index in [1.807, 2.05) is 17.0 Å². The molecule has 0 aromatic heterocycles. The average Bonchev–Trinajstić information content (AvgIpc) is 3.02. The Labute approximate surface area is 168 Å². The number of hydrogen-bond donors (Lipinski definition) is 1. The lowest BCUT2D eigenvalue weighted by atomic mass is 9.98. The molecule has 2 saturated heterocycles. The summed E-state index contributed by atoms with van der Waals surface area (Å²) in [6, 6.07) is 6.99. The van der Waals surface area contributed by atoms with Crippen LogP contribution in [0.3, 0.4) is 0 Å². The SMILES string of the molecule is O=C(CCc1ccc(S(=O)(=O)N2CCCCCC2)cc1)N1CCCC(CO)C1. The zero-order chi connectivity index (χ0) is 20.0. The first kappa shape index (κ1) is 21.3. The first-order valence-corrected chi connectivity index (χ1v) is 11.9. The lowest BCUT2D eigenvalue weighted by Crippen LogP contribution is -2.41. The Morgan fingerprint density at radius 3 is 2.32 bits per heavy atom. The summed E-state index contributed by atoms with van der Waals surface area (Å²) >= 11 is 0. The van der Waals surface area contributed by atoms with Crippen molar-refractivity contribution >= 4 is 15.9 Å². The highest BCUT2D eigenvalue weighted by Gasteiger charge is 2.25. The minimum absolute atomic E-state index is 0.111. The zero-order valence-electron chi connectivity index (χ0n) is 16.6. The second-order valence-corrected chi connectivity index (χ2v) is 9.93. The Morgan fingerprint density at radius 2 is 1.68 bits per heavy atom. The van der Waals surface area contributed by atoms with Crippen molar-refractivity contribution in [3.63, 3.8) is 0 Å². The summed E-state index contributed by atoms with van der Waals surface area (Å²) < 4.78 is 27.3. The predicted molar refractivity (Wildman–Crippen MR) is 108 cm³/mol. The molecule has 1 aromatic carbocycles. The number of amides is 1. The van der Waals surface area contributed by atoms with Gasteiger partial charge in [0.15, 0.2) is 0 Å². The number of hydrogen-bond acceptors (Lipinski definition) is 4. The lowest BCUT2D eigenvalue weighted by molar-refractivity contribution is -0.133. The Hall–Kier alpha value is -1.44. The van der Waals surface area contributed by atoms with Gasteiger partial charge in [-0.05, 0) is 55.7 Å². The molecule has 0 saturated carbocycles. The van der Waals surface area contributed by atoms with Gasteiger partial charge in [0.25, 0.3) is 0 Å². The molecule has 3 rings (SSSR count). The van der Waals surface area contributed by atoms with E-state index >= 15 is 0 Å². The molecule has 0 spiro atoms. The molecule has 1 amide bonds. The summed E-state index contributed by atoms with van der Waals surface area (Å²) in [4.78, 5) is 14.6. The lowest BCUT2D eigenvalue weighted by Gasteiger charge is -2.32. The predicted octanol–water partition coefficient (Wildman–Crippen LogP) is 2.41. The second-order valence-electron chi connectivity index (χ2n) is 7.99. The number of aryl methyl sites for hydroxylation is 1.